The van der Waals surface area contributed by atoms with E-state index in [1.165, 1.54) is 0 Å². The lowest BCUT2D eigenvalue weighted by atomic mass is 10.2. The molecule has 0 radical (unpaired) electrons. The van der Waals surface area contributed by atoms with Gasteiger partial charge in [-0.15, -0.1) is 0 Å². The number of nitrogens with one attached hydrogen (secondary N) is 1. The summed E-state index contributed by atoms with van der Waals surface area (Å²) in [6.07, 6.45) is 2.33. The predicted octanol–water partition coefficient (Wildman–Crippen LogP) is 4.31. The van der Waals surface area contributed by atoms with Crippen molar-refractivity contribution in [1.82, 2.24) is 5.43 Å². The monoisotopic (exact) mass is 404 g/mol. The van der Waals surface area contributed by atoms with Crippen molar-refractivity contribution in [2.75, 3.05) is 20.3 Å². The zero-order chi connectivity index (χ0) is 21.0. The molecule has 0 saturated carbocycles. The number of carbonyl (C=O) groups excluding carboxylic acids is 1. The summed E-state index contributed by atoms with van der Waals surface area (Å²) in [6, 6.07) is 23.9. The normalized spacial score (nSPS) is 10.6. The zero-order valence-electron chi connectivity index (χ0n) is 16.8. The number of hydrazone groups is 1. The first kappa shape index (κ1) is 20.9. The second kappa shape index (κ2) is 11.3. The summed E-state index contributed by atoms with van der Waals surface area (Å²) in [6.45, 7) is 1.08. The molecule has 0 fully saturated rings. The Kier molecular flexibility index (Phi) is 7.85. The molecule has 3 rings (SSSR count). The Hall–Kier alpha value is -3.80. The van der Waals surface area contributed by atoms with Crippen LogP contribution in [0, 0.1) is 0 Å². The van der Waals surface area contributed by atoms with Crippen LogP contribution in [0.5, 0.6) is 17.2 Å². The highest BCUT2D eigenvalue weighted by atomic mass is 16.5. The second-order valence-corrected chi connectivity index (χ2v) is 6.36. The number of carbonyl (C=O) groups is 1. The number of nitrogens with zero attached hydrogens (tertiary/aromatic N) is 1. The SMILES string of the molecule is COc1ccc(OCCCOc2cccc(C=NNC(=O)c3ccccc3)c2)cc1. The number of ether oxygens (including phenoxy) is 3. The number of benzene rings is 3. The highest BCUT2D eigenvalue weighted by Crippen LogP contribution is 2.17. The van der Waals surface area contributed by atoms with Crippen molar-refractivity contribution in [2.24, 2.45) is 5.10 Å². The Morgan fingerprint density at radius 2 is 1.57 bits per heavy atom. The van der Waals surface area contributed by atoms with Crippen LogP contribution in [0.25, 0.3) is 0 Å². The molecule has 0 aliphatic heterocycles. The van der Waals surface area contributed by atoms with Crippen LogP contribution in [0.2, 0.25) is 0 Å². The molecule has 0 aromatic heterocycles. The first-order valence-electron chi connectivity index (χ1n) is 9.63. The molecule has 154 valence electrons. The van der Waals surface area contributed by atoms with E-state index in [9.17, 15) is 4.79 Å². The molecule has 3 aromatic rings. The lowest BCUT2D eigenvalue weighted by Crippen LogP contribution is -2.17. The van der Waals surface area contributed by atoms with Gasteiger partial charge in [-0.3, -0.25) is 4.79 Å². The Bertz CT molecular complexity index is 956. The largest absolute Gasteiger partial charge is 0.497 e. The molecule has 1 amide bonds. The van der Waals surface area contributed by atoms with Crippen LogP contribution in [0.15, 0.2) is 84.0 Å². The Morgan fingerprint density at radius 3 is 2.30 bits per heavy atom. The maximum atomic E-state index is 12.0. The van der Waals surface area contributed by atoms with Gasteiger partial charge in [-0.05, 0) is 54.1 Å². The van der Waals surface area contributed by atoms with Crippen LogP contribution in [0.3, 0.4) is 0 Å². The van der Waals surface area contributed by atoms with Gasteiger partial charge in [-0.2, -0.15) is 5.10 Å². The van der Waals surface area contributed by atoms with Gasteiger partial charge in [0.15, 0.2) is 0 Å². The van der Waals surface area contributed by atoms with Gasteiger partial charge >= 0.3 is 0 Å². The highest BCUT2D eigenvalue weighted by Gasteiger charge is 2.02. The van der Waals surface area contributed by atoms with Crippen LogP contribution in [0.4, 0.5) is 0 Å². The zero-order valence-corrected chi connectivity index (χ0v) is 16.8. The molecule has 30 heavy (non-hydrogen) atoms. The van der Waals surface area contributed by atoms with E-state index in [-0.39, 0.29) is 5.91 Å². The minimum atomic E-state index is -0.254. The van der Waals surface area contributed by atoms with Gasteiger partial charge in [0.2, 0.25) is 0 Å². The number of hydrogen-bond acceptors (Lipinski definition) is 5. The summed E-state index contributed by atoms with van der Waals surface area (Å²) < 4.78 is 16.6. The van der Waals surface area contributed by atoms with Crippen LogP contribution < -0.4 is 19.6 Å². The molecule has 0 saturated heterocycles. The highest BCUT2D eigenvalue weighted by molar-refractivity contribution is 5.94. The molecule has 0 aliphatic rings. The third-order valence-electron chi connectivity index (χ3n) is 4.16. The van der Waals surface area contributed by atoms with Crippen molar-refractivity contribution < 1.29 is 19.0 Å². The van der Waals surface area contributed by atoms with E-state index in [1.54, 1.807) is 25.5 Å². The smallest absolute Gasteiger partial charge is 0.271 e. The molecule has 6 heteroatoms. The average molecular weight is 404 g/mol. The van der Waals surface area contributed by atoms with Crippen molar-refractivity contribution in [3.63, 3.8) is 0 Å². The lowest BCUT2D eigenvalue weighted by Gasteiger charge is -2.09. The molecule has 0 atom stereocenters. The molecular weight excluding hydrogens is 380 g/mol. The fourth-order valence-electron chi connectivity index (χ4n) is 2.62. The summed E-state index contributed by atoms with van der Waals surface area (Å²) in [4.78, 5) is 12.0. The minimum absolute atomic E-state index is 0.254. The third kappa shape index (κ3) is 6.67. The summed E-state index contributed by atoms with van der Waals surface area (Å²) in [7, 11) is 1.63. The molecule has 0 spiro atoms. The molecule has 0 unspecified atom stereocenters. The number of hydrogen-bond donors (Lipinski definition) is 1. The van der Waals surface area contributed by atoms with Crippen molar-refractivity contribution in [1.29, 1.82) is 0 Å². The van der Waals surface area contributed by atoms with E-state index in [0.29, 0.717) is 18.8 Å². The maximum Gasteiger partial charge on any atom is 0.271 e. The van der Waals surface area contributed by atoms with E-state index < -0.39 is 0 Å². The molecular formula is C24H24N2O4. The topological polar surface area (TPSA) is 69.2 Å². The summed E-state index contributed by atoms with van der Waals surface area (Å²) in [5.74, 6) is 2.08. The van der Waals surface area contributed by atoms with Crippen LogP contribution in [-0.4, -0.2) is 32.4 Å². The molecule has 0 heterocycles. The number of methoxy groups -OCH3 is 1. The van der Waals surface area contributed by atoms with Gasteiger partial charge in [0.25, 0.3) is 5.91 Å². The van der Waals surface area contributed by atoms with Crippen LogP contribution in [-0.2, 0) is 0 Å². The number of amides is 1. The van der Waals surface area contributed by atoms with E-state index in [0.717, 1.165) is 29.2 Å². The molecule has 6 nitrogen and oxygen atoms in total. The fraction of sp³-hybridized carbons (Fsp3) is 0.167. The van der Waals surface area contributed by atoms with Crippen molar-refractivity contribution in [3.05, 3.63) is 90.0 Å². The summed E-state index contributed by atoms with van der Waals surface area (Å²) in [5, 5.41) is 4.01. The quantitative estimate of drug-likeness (QED) is 0.311. The Morgan fingerprint density at radius 1 is 0.867 bits per heavy atom. The van der Waals surface area contributed by atoms with Gasteiger partial charge in [-0.25, -0.2) is 5.43 Å². The lowest BCUT2D eigenvalue weighted by molar-refractivity contribution is 0.0955. The second-order valence-electron chi connectivity index (χ2n) is 6.36. The standard InChI is InChI=1S/C24H24N2O4/c1-28-21-11-13-22(14-12-21)29-15-6-16-30-23-10-5-7-19(17-23)18-25-26-24(27)20-8-3-2-4-9-20/h2-5,7-14,17-18H,6,15-16H2,1H3,(H,26,27). The maximum absolute atomic E-state index is 12.0. The van der Waals surface area contributed by atoms with Gasteiger partial charge in [0, 0.05) is 12.0 Å². The van der Waals surface area contributed by atoms with E-state index in [1.807, 2.05) is 66.7 Å². The van der Waals surface area contributed by atoms with E-state index >= 15 is 0 Å². The molecule has 1 N–H and O–H groups in total. The number of rotatable bonds is 10. The van der Waals surface area contributed by atoms with Crippen molar-refractivity contribution in [3.8, 4) is 17.2 Å². The molecule has 3 aromatic carbocycles. The Balaban J connectivity index is 1.39. The summed E-state index contributed by atoms with van der Waals surface area (Å²) in [5.41, 5.74) is 3.90. The third-order valence-corrected chi connectivity index (χ3v) is 4.16. The first-order chi connectivity index (χ1) is 14.7. The first-order valence-corrected chi connectivity index (χ1v) is 9.63. The Labute approximate surface area is 176 Å². The predicted molar refractivity (Wildman–Crippen MR) is 117 cm³/mol. The minimum Gasteiger partial charge on any atom is -0.497 e. The fourth-order valence-corrected chi connectivity index (χ4v) is 2.62. The van der Waals surface area contributed by atoms with Gasteiger partial charge < -0.3 is 14.2 Å². The molecule has 0 aliphatic carbocycles. The summed E-state index contributed by atoms with van der Waals surface area (Å²) >= 11 is 0. The van der Waals surface area contributed by atoms with Crippen molar-refractivity contribution >= 4 is 12.1 Å². The molecule has 0 bridgehead atoms. The van der Waals surface area contributed by atoms with Gasteiger partial charge in [0.05, 0.1) is 26.5 Å². The van der Waals surface area contributed by atoms with Gasteiger partial charge in [-0.1, -0.05) is 30.3 Å². The van der Waals surface area contributed by atoms with Crippen LogP contribution >= 0.6 is 0 Å². The van der Waals surface area contributed by atoms with E-state index in [4.69, 9.17) is 14.2 Å². The van der Waals surface area contributed by atoms with Crippen LogP contribution in [0.1, 0.15) is 22.3 Å². The van der Waals surface area contributed by atoms with Gasteiger partial charge in [0.1, 0.15) is 17.2 Å². The van der Waals surface area contributed by atoms with Crippen molar-refractivity contribution in [2.45, 2.75) is 6.42 Å². The van der Waals surface area contributed by atoms with E-state index in [2.05, 4.69) is 10.5 Å². The average Bonchev–Trinajstić information content (AvgIpc) is 2.80.